The minimum Gasteiger partial charge on any atom is -0.315 e. The van der Waals surface area contributed by atoms with Gasteiger partial charge >= 0.3 is 6.03 Å². The van der Waals surface area contributed by atoms with Gasteiger partial charge in [-0.05, 0) is 54.8 Å². The highest BCUT2D eigenvalue weighted by molar-refractivity contribution is 6.30. The van der Waals surface area contributed by atoms with Gasteiger partial charge < -0.3 is 10.2 Å². The third-order valence-electron chi connectivity index (χ3n) is 5.17. The van der Waals surface area contributed by atoms with Crippen molar-refractivity contribution in [1.82, 2.24) is 20.1 Å². The lowest BCUT2D eigenvalue weighted by molar-refractivity contribution is -0.137. The van der Waals surface area contributed by atoms with E-state index in [0.29, 0.717) is 11.6 Å². The summed E-state index contributed by atoms with van der Waals surface area (Å²) in [5, 5.41) is 3.95. The third kappa shape index (κ3) is 3.68. The van der Waals surface area contributed by atoms with E-state index in [9.17, 15) is 9.59 Å². The zero-order valence-corrected chi connectivity index (χ0v) is 15.6. The first-order chi connectivity index (χ1) is 13.1. The first-order valence-corrected chi connectivity index (χ1v) is 9.50. The molecule has 0 bridgehead atoms. The second-order valence-corrected chi connectivity index (χ2v) is 7.40. The Morgan fingerprint density at radius 3 is 2.70 bits per heavy atom. The number of piperidine rings is 1. The van der Waals surface area contributed by atoms with Crippen molar-refractivity contribution in [3.8, 4) is 0 Å². The molecule has 1 aromatic heterocycles. The van der Waals surface area contributed by atoms with Crippen LogP contribution in [0.15, 0.2) is 48.8 Å². The van der Waals surface area contributed by atoms with E-state index in [1.54, 1.807) is 12.4 Å². The number of carbonyl (C=O) groups excluding carboxylic acids is 2. The quantitative estimate of drug-likeness (QED) is 0.880. The van der Waals surface area contributed by atoms with Gasteiger partial charge in [-0.15, -0.1) is 0 Å². The fourth-order valence-electron chi connectivity index (χ4n) is 3.85. The molecule has 2 aromatic rings. The lowest BCUT2D eigenvalue weighted by Crippen LogP contribution is -2.68. The number of pyridine rings is 1. The van der Waals surface area contributed by atoms with Crippen LogP contribution in [0.5, 0.6) is 0 Å². The Morgan fingerprint density at radius 1 is 1.11 bits per heavy atom. The fraction of sp³-hybridized carbons (Fsp3) is 0.350. The third-order valence-corrected chi connectivity index (χ3v) is 5.40. The number of fused-ring (bicyclic) bond motifs is 1. The minimum atomic E-state index is -0.363. The average Bonchev–Trinajstić information content (AvgIpc) is 2.69. The summed E-state index contributed by atoms with van der Waals surface area (Å²) in [7, 11) is 0. The SMILES string of the molecule is O=C1C2NCCCC2N(Cc2cccc(Cl)c2)C(=O)N1Cc1ccncc1. The van der Waals surface area contributed by atoms with Crippen molar-refractivity contribution >= 4 is 23.5 Å². The topological polar surface area (TPSA) is 65.5 Å². The van der Waals surface area contributed by atoms with Crippen LogP contribution >= 0.6 is 11.6 Å². The normalized spacial score (nSPS) is 22.7. The smallest absolute Gasteiger partial charge is 0.315 e. The molecule has 3 amide bonds. The lowest BCUT2D eigenvalue weighted by Gasteiger charge is -2.47. The number of urea groups is 1. The number of hydrogen-bond donors (Lipinski definition) is 1. The molecular formula is C20H21ClN4O2. The van der Waals surface area contributed by atoms with Gasteiger partial charge in [0.05, 0.1) is 12.6 Å². The van der Waals surface area contributed by atoms with Crippen molar-refractivity contribution in [3.05, 3.63) is 64.9 Å². The number of hydrogen-bond acceptors (Lipinski definition) is 4. The first kappa shape index (κ1) is 17.9. The van der Waals surface area contributed by atoms with Crippen LogP contribution in [0.1, 0.15) is 24.0 Å². The highest BCUT2D eigenvalue weighted by Crippen LogP contribution is 2.28. The number of benzene rings is 1. The summed E-state index contributed by atoms with van der Waals surface area (Å²) in [5.41, 5.74) is 1.84. The van der Waals surface area contributed by atoms with E-state index in [1.807, 2.05) is 41.3 Å². The number of nitrogens with one attached hydrogen (secondary N) is 1. The van der Waals surface area contributed by atoms with Gasteiger partial charge in [0, 0.05) is 24.0 Å². The predicted octanol–water partition coefficient (Wildman–Crippen LogP) is 2.82. The first-order valence-electron chi connectivity index (χ1n) is 9.12. The second kappa shape index (κ2) is 7.66. The van der Waals surface area contributed by atoms with Crippen LogP contribution in [0.4, 0.5) is 4.79 Å². The Kier molecular flexibility index (Phi) is 5.09. The molecule has 0 aliphatic carbocycles. The Morgan fingerprint density at radius 2 is 1.93 bits per heavy atom. The van der Waals surface area contributed by atoms with Crippen LogP contribution in [-0.2, 0) is 17.9 Å². The van der Waals surface area contributed by atoms with Crippen LogP contribution in [0, 0.1) is 0 Å². The van der Waals surface area contributed by atoms with Gasteiger partial charge in [-0.2, -0.15) is 0 Å². The maximum absolute atomic E-state index is 13.2. The molecule has 4 rings (SSSR count). The van der Waals surface area contributed by atoms with Gasteiger partial charge in [0.25, 0.3) is 0 Å². The maximum Gasteiger partial charge on any atom is 0.327 e. The van der Waals surface area contributed by atoms with E-state index in [2.05, 4.69) is 10.3 Å². The summed E-state index contributed by atoms with van der Waals surface area (Å²) in [4.78, 5) is 33.4. The highest BCUT2D eigenvalue weighted by Gasteiger charge is 2.46. The monoisotopic (exact) mass is 384 g/mol. The number of imide groups is 1. The molecule has 140 valence electrons. The van der Waals surface area contributed by atoms with E-state index in [0.717, 1.165) is 30.5 Å². The number of carbonyl (C=O) groups is 2. The van der Waals surface area contributed by atoms with Crippen molar-refractivity contribution in [2.24, 2.45) is 0 Å². The van der Waals surface area contributed by atoms with Gasteiger partial charge in [0.2, 0.25) is 5.91 Å². The Bertz CT molecular complexity index is 845. The molecule has 7 heteroatoms. The maximum atomic E-state index is 13.2. The number of aromatic nitrogens is 1. The van der Waals surface area contributed by atoms with Crippen LogP contribution in [0.25, 0.3) is 0 Å². The number of amides is 3. The van der Waals surface area contributed by atoms with Crippen LogP contribution < -0.4 is 5.32 Å². The molecule has 2 aliphatic heterocycles. The van der Waals surface area contributed by atoms with Gasteiger partial charge in [-0.1, -0.05) is 23.7 Å². The summed E-state index contributed by atoms with van der Waals surface area (Å²) < 4.78 is 0. The highest BCUT2D eigenvalue weighted by atomic mass is 35.5. The lowest BCUT2D eigenvalue weighted by atomic mass is 9.93. The van der Waals surface area contributed by atoms with Crippen molar-refractivity contribution < 1.29 is 9.59 Å². The zero-order chi connectivity index (χ0) is 18.8. The Balaban J connectivity index is 1.63. The number of halogens is 1. The molecule has 0 radical (unpaired) electrons. The van der Waals surface area contributed by atoms with Crippen LogP contribution in [-0.4, -0.2) is 45.4 Å². The molecule has 1 N–H and O–H groups in total. The van der Waals surface area contributed by atoms with Gasteiger partial charge in [0.1, 0.15) is 6.04 Å². The van der Waals surface area contributed by atoms with Gasteiger partial charge in [0.15, 0.2) is 0 Å². The van der Waals surface area contributed by atoms with E-state index in [-0.39, 0.29) is 30.6 Å². The minimum absolute atomic E-state index is 0.133. The van der Waals surface area contributed by atoms with Crippen LogP contribution in [0.2, 0.25) is 5.02 Å². The van der Waals surface area contributed by atoms with Crippen LogP contribution in [0.3, 0.4) is 0 Å². The summed E-state index contributed by atoms with van der Waals surface area (Å²) >= 11 is 6.11. The molecule has 3 heterocycles. The summed E-state index contributed by atoms with van der Waals surface area (Å²) in [6, 6.07) is 10.4. The van der Waals surface area contributed by atoms with E-state index in [4.69, 9.17) is 11.6 Å². The van der Waals surface area contributed by atoms with Crippen molar-refractivity contribution in [3.63, 3.8) is 0 Å². The molecule has 2 fully saturated rings. The molecule has 27 heavy (non-hydrogen) atoms. The molecule has 0 saturated carbocycles. The average molecular weight is 385 g/mol. The van der Waals surface area contributed by atoms with E-state index in [1.165, 1.54) is 4.90 Å². The van der Waals surface area contributed by atoms with Crippen molar-refractivity contribution in [2.45, 2.75) is 38.0 Å². The zero-order valence-electron chi connectivity index (χ0n) is 14.8. The molecule has 6 nitrogen and oxygen atoms in total. The van der Waals surface area contributed by atoms with E-state index < -0.39 is 0 Å². The molecule has 2 saturated heterocycles. The summed E-state index contributed by atoms with van der Waals surface area (Å²) in [5.74, 6) is -0.149. The Hall–Kier alpha value is -2.44. The Labute approximate surface area is 163 Å². The molecule has 1 aromatic carbocycles. The number of nitrogens with zero attached hydrogens (tertiary/aromatic N) is 3. The molecular weight excluding hydrogens is 364 g/mol. The molecule has 2 aliphatic rings. The largest absolute Gasteiger partial charge is 0.327 e. The van der Waals surface area contributed by atoms with Gasteiger partial charge in [-0.25, -0.2) is 4.79 Å². The van der Waals surface area contributed by atoms with E-state index >= 15 is 0 Å². The van der Waals surface area contributed by atoms with Gasteiger partial charge in [-0.3, -0.25) is 14.7 Å². The molecule has 2 atom stereocenters. The second-order valence-electron chi connectivity index (χ2n) is 6.96. The fourth-order valence-corrected chi connectivity index (χ4v) is 4.06. The summed E-state index contributed by atoms with van der Waals surface area (Å²) in [6.45, 7) is 1.47. The summed E-state index contributed by atoms with van der Waals surface area (Å²) in [6.07, 6.45) is 5.09. The van der Waals surface area contributed by atoms with Crippen molar-refractivity contribution in [1.29, 1.82) is 0 Å². The van der Waals surface area contributed by atoms with Crippen molar-refractivity contribution in [2.75, 3.05) is 6.54 Å². The molecule has 0 spiro atoms. The molecule has 2 unspecified atom stereocenters. The number of rotatable bonds is 4. The standard InChI is InChI=1S/C20H21ClN4O2/c21-16-4-1-3-15(11-16)13-24-17-5-2-8-23-18(17)19(26)25(20(24)27)12-14-6-9-22-10-7-14/h1,3-4,6-7,9-11,17-18,23H,2,5,8,12-13H2. The predicted molar refractivity (Wildman–Crippen MR) is 102 cm³/mol.